The zero-order valence-electron chi connectivity index (χ0n) is 21.9. The number of nitrogens with zero attached hydrogens (tertiary/aromatic N) is 8. The number of unbranched alkanes of at least 4 members (excludes halogenated alkanes) is 1. The molecule has 0 aliphatic carbocycles. The first-order valence-corrected chi connectivity index (χ1v) is 13.3. The summed E-state index contributed by atoms with van der Waals surface area (Å²) in [4.78, 5) is 26.4. The predicted molar refractivity (Wildman–Crippen MR) is 142 cm³/mol. The molecule has 5 rings (SSSR count). The molecule has 2 fully saturated rings. The maximum absolute atomic E-state index is 13.6. The van der Waals surface area contributed by atoms with Crippen molar-refractivity contribution in [2.45, 2.75) is 25.9 Å². The molecule has 0 N–H and O–H groups in total. The van der Waals surface area contributed by atoms with Crippen molar-refractivity contribution in [1.29, 1.82) is 0 Å². The van der Waals surface area contributed by atoms with E-state index in [-0.39, 0.29) is 11.6 Å². The molecule has 8 nitrogen and oxygen atoms in total. The van der Waals surface area contributed by atoms with Crippen molar-refractivity contribution in [3.63, 3.8) is 0 Å². The van der Waals surface area contributed by atoms with Crippen LogP contribution in [0.5, 0.6) is 0 Å². The van der Waals surface area contributed by atoms with Gasteiger partial charge >= 0.3 is 6.18 Å². The van der Waals surface area contributed by atoms with Crippen LogP contribution in [0.4, 0.5) is 35.3 Å². The molecule has 2 saturated heterocycles. The number of alkyl halides is 3. The maximum Gasteiger partial charge on any atom is 0.419 e. The van der Waals surface area contributed by atoms with E-state index in [4.69, 9.17) is 15.0 Å². The minimum absolute atomic E-state index is 0.0612. The molecule has 2 aromatic heterocycles. The lowest BCUT2D eigenvalue weighted by molar-refractivity contribution is -0.137. The third kappa shape index (κ3) is 6.38. The van der Waals surface area contributed by atoms with Crippen LogP contribution in [-0.4, -0.2) is 83.7 Å². The van der Waals surface area contributed by atoms with Crippen LogP contribution in [0.25, 0.3) is 11.4 Å². The highest BCUT2D eigenvalue weighted by atomic mass is 19.4. The van der Waals surface area contributed by atoms with Gasteiger partial charge < -0.3 is 14.7 Å². The lowest BCUT2D eigenvalue weighted by Crippen LogP contribution is -2.49. The summed E-state index contributed by atoms with van der Waals surface area (Å²) in [5.41, 5.74) is -0.0672. The quantitative estimate of drug-likeness (QED) is 0.407. The van der Waals surface area contributed by atoms with Gasteiger partial charge in [-0.05, 0) is 49.4 Å². The Labute approximate surface area is 225 Å². The number of hydrogen-bond donors (Lipinski definition) is 0. The number of halogens is 4. The number of piperazine rings is 2. The number of pyridine rings is 1. The van der Waals surface area contributed by atoms with Crippen molar-refractivity contribution in [1.82, 2.24) is 24.8 Å². The molecule has 3 aromatic rings. The molecule has 1 aromatic carbocycles. The van der Waals surface area contributed by atoms with Gasteiger partial charge in [-0.1, -0.05) is 13.3 Å². The Hall–Kier alpha value is -3.54. The monoisotopic (exact) mass is 544 g/mol. The average molecular weight is 545 g/mol. The second kappa shape index (κ2) is 11.7. The van der Waals surface area contributed by atoms with Gasteiger partial charge in [0.1, 0.15) is 11.6 Å². The minimum Gasteiger partial charge on any atom is -0.353 e. The predicted octanol–water partition coefficient (Wildman–Crippen LogP) is 4.34. The zero-order valence-corrected chi connectivity index (χ0v) is 21.9. The second-order valence-corrected chi connectivity index (χ2v) is 9.79. The van der Waals surface area contributed by atoms with Crippen molar-refractivity contribution in [2.24, 2.45) is 0 Å². The Balaban J connectivity index is 1.37. The highest BCUT2D eigenvalue weighted by Crippen LogP contribution is 2.35. The molecule has 12 heteroatoms. The average Bonchev–Trinajstić information content (AvgIpc) is 2.96. The number of benzene rings is 1. The molecule has 0 spiro atoms. The third-order valence-electron chi connectivity index (χ3n) is 7.15. The second-order valence-electron chi connectivity index (χ2n) is 9.79. The van der Waals surface area contributed by atoms with Gasteiger partial charge in [0.05, 0.1) is 5.56 Å². The molecule has 0 amide bonds. The highest BCUT2D eigenvalue weighted by molar-refractivity contribution is 5.59. The van der Waals surface area contributed by atoms with Crippen LogP contribution < -0.4 is 14.7 Å². The molecular formula is C27H32F4N8. The van der Waals surface area contributed by atoms with E-state index >= 15 is 0 Å². The molecule has 0 unspecified atom stereocenters. The van der Waals surface area contributed by atoms with E-state index < -0.39 is 11.7 Å². The zero-order chi connectivity index (χ0) is 27.4. The van der Waals surface area contributed by atoms with Crippen LogP contribution >= 0.6 is 0 Å². The van der Waals surface area contributed by atoms with Gasteiger partial charge in [-0.15, -0.1) is 0 Å². The molecular weight excluding hydrogens is 512 g/mol. The number of rotatable bonds is 7. The van der Waals surface area contributed by atoms with Crippen LogP contribution in [-0.2, 0) is 6.18 Å². The van der Waals surface area contributed by atoms with E-state index in [9.17, 15) is 17.6 Å². The summed E-state index contributed by atoms with van der Waals surface area (Å²) in [5.74, 6) is 1.05. The van der Waals surface area contributed by atoms with Gasteiger partial charge in [0, 0.05) is 64.1 Å². The first-order chi connectivity index (χ1) is 18.8. The fourth-order valence-corrected chi connectivity index (χ4v) is 4.91. The van der Waals surface area contributed by atoms with Crippen LogP contribution in [0.2, 0.25) is 0 Å². The fraction of sp³-hybridized carbons (Fsp3) is 0.481. The van der Waals surface area contributed by atoms with E-state index in [1.165, 1.54) is 30.8 Å². The Morgan fingerprint density at radius 1 is 0.769 bits per heavy atom. The van der Waals surface area contributed by atoms with Gasteiger partial charge in [-0.3, -0.25) is 4.90 Å². The van der Waals surface area contributed by atoms with Crippen molar-refractivity contribution < 1.29 is 17.6 Å². The summed E-state index contributed by atoms with van der Waals surface area (Å²) in [6.07, 6.45) is -0.774. The van der Waals surface area contributed by atoms with Gasteiger partial charge in [0.2, 0.25) is 11.9 Å². The summed E-state index contributed by atoms with van der Waals surface area (Å²) in [7, 11) is 0. The molecule has 0 atom stereocenters. The van der Waals surface area contributed by atoms with Crippen molar-refractivity contribution in [2.75, 3.05) is 73.6 Å². The van der Waals surface area contributed by atoms with Crippen molar-refractivity contribution >= 4 is 17.7 Å². The Morgan fingerprint density at radius 2 is 1.36 bits per heavy atom. The van der Waals surface area contributed by atoms with Crippen LogP contribution in [0, 0.1) is 5.82 Å². The molecule has 2 aliphatic rings. The van der Waals surface area contributed by atoms with Gasteiger partial charge in [-0.25, -0.2) is 9.37 Å². The normalized spacial score (nSPS) is 17.1. The van der Waals surface area contributed by atoms with Gasteiger partial charge in [0.15, 0.2) is 5.82 Å². The number of hydrogen-bond acceptors (Lipinski definition) is 8. The summed E-state index contributed by atoms with van der Waals surface area (Å²) in [6, 6.07) is 8.38. The summed E-state index contributed by atoms with van der Waals surface area (Å²) in [6.45, 7) is 8.17. The lowest BCUT2D eigenvalue weighted by Gasteiger charge is -2.37. The molecule has 39 heavy (non-hydrogen) atoms. The van der Waals surface area contributed by atoms with Crippen molar-refractivity contribution in [3.8, 4) is 11.4 Å². The number of aromatic nitrogens is 4. The first-order valence-electron chi connectivity index (χ1n) is 13.3. The summed E-state index contributed by atoms with van der Waals surface area (Å²) in [5, 5.41) is 0. The van der Waals surface area contributed by atoms with Gasteiger partial charge in [-0.2, -0.15) is 28.1 Å². The van der Waals surface area contributed by atoms with E-state index in [1.807, 2.05) is 4.90 Å². The molecule has 4 heterocycles. The SMILES string of the molecule is CCCCN1CCN(c2nc(-c3ccc(F)cc3)nc(N3CCN(c4ncccc4C(F)(F)F)CC3)n2)CC1. The van der Waals surface area contributed by atoms with Crippen LogP contribution in [0.1, 0.15) is 25.3 Å². The summed E-state index contributed by atoms with van der Waals surface area (Å²) >= 11 is 0. The lowest BCUT2D eigenvalue weighted by atomic mass is 10.2. The van der Waals surface area contributed by atoms with E-state index in [0.29, 0.717) is 49.5 Å². The third-order valence-corrected chi connectivity index (χ3v) is 7.15. The first kappa shape index (κ1) is 27.0. The summed E-state index contributed by atoms with van der Waals surface area (Å²) < 4.78 is 54.2. The van der Waals surface area contributed by atoms with E-state index in [1.54, 1.807) is 17.0 Å². The van der Waals surface area contributed by atoms with E-state index in [2.05, 4.69) is 21.7 Å². The Bertz CT molecular complexity index is 1240. The Morgan fingerprint density at radius 3 is 1.95 bits per heavy atom. The highest BCUT2D eigenvalue weighted by Gasteiger charge is 2.36. The maximum atomic E-state index is 13.6. The largest absolute Gasteiger partial charge is 0.419 e. The fourth-order valence-electron chi connectivity index (χ4n) is 4.91. The molecule has 2 aliphatic heterocycles. The Kier molecular flexibility index (Phi) is 8.10. The topological polar surface area (TPSA) is 64.5 Å². The molecule has 0 saturated carbocycles. The van der Waals surface area contributed by atoms with Crippen LogP contribution in [0.3, 0.4) is 0 Å². The van der Waals surface area contributed by atoms with E-state index in [0.717, 1.165) is 45.2 Å². The standard InChI is InChI=1S/C27H32F4N8/c1-2-3-11-36-12-14-38(15-13-36)25-33-23(20-6-8-21(28)9-7-20)34-26(35-25)39-18-16-37(17-19-39)24-22(27(29,30)31)5-4-10-32-24/h4-10H,2-3,11-19H2,1H3. The molecule has 0 bridgehead atoms. The molecule has 208 valence electrons. The van der Waals surface area contributed by atoms with Crippen molar-refractivity contribution in [3.05, 3.63) is 54.0 Å². The molecule has 0 radical (unpaired) electrons. The smallest absolute Gasteiger partial charge is 0.353 e. The number of anilines is 3. The van der Waals surface area contributed by atoms with Crippen LogP contribution in [0.15, 0.2) is 42.6 Å². The van der Waals surface area contributed by atoms with Gasteiger partial charge in [0.25, 0.3) is 0 Å². The minimum atomic E-state index is -4.48.